The van der Waals surface area contributed by atoms with Gasteiger partial charge in [-0.2, -0.15) is 0 Å². The third-order valence-electron chi connectivity index (χ3n) is 6.42. The highest BCUT2D eigenvalue weighted by molar-refractivity contribution is 6.83. The highest BCUT2D eigenvalue weighted by atomic mass is 28.4. The molecule has 1 amide bonds. The van der Waals surface area contributed by atoms with Crippen LogP contribution in [0.1, 0.15) is 69.2 Å². The van der Waals surface area contributed by atoms with Gasteiger partial charge >= 0.3 is 6.09 Å². The molecule has 2 atom stereocenters. The predicted octanol–water partition coefficient (Wildman–Crippen LogP) is 6.96. The number of amides is 1. The van der Waals surface area contributed by atoms with E-state index in [2.05, 4.69) is 74.2 Å². The second kappa shape index (κ2) is 10.5. The summed E-state index contributed by atoms with van der Waals surface area (Å²) in [5.41, 5.74) is 0.848. The van der Waals surface area contributed by atoms with E-state index in [0.717, 1.165) is 0 Å². The van der Waals surface area contributed by atoms with Crippen LogP contribution in [0.25, 0.3) is 0 Å². The maximum Gasteiger partial charge on any atom is 0.412 e. The minimum Gasteiger partial charge on any atom is -0.444 e. The molecule has 1 saturated heterocycles. The van der Waals surface area contributed by atoms with Crippen LogP contribution in [0, 0.1) is 0 Å². The van der Waals surface area contributed by atoms with Gasteiger partial charge in [-0.3, -0.25) is 4.90 Å². The standard InChI is InChI=1S/C24H49NO4Si2/c1-14-21(30(11,12)13)22(29-31(17(2)3,18(4)5)19(6)7)20-15-27-16-25(20)23(26)28-24(8,9)10/h14,17-20,22H,15-16H2,1-13H3/b21-14+/t20-,22-/m0/s1. The first kappa shape index (κ1) is 28.4. The van der Waals surface area contributed by atoms with Gasteiger partial charge in [0, 0.05) is 0 Å². The smallest absolute Gasteiger partial charge is 0.412 e. The Bertz CT molecular complexity index is 611. The highest BCUT2D eigenvalue weighted by Gasteiger charge is 2.51. The summed E-state index contributed by atoms with van der Waals surface area (Å²) in [5, 5.41) is 1.36. The highest BCUT2D eigenvalue weighted by Crippen LogP contribution is 2.45. The molecular weight excluding hydrogens is 422 g/mol. The Morgan fingerprint density at radius 1 is 1.03 bits per heavy atom. The number of nitrogens with zero attached hydrogens (tertiary/aromatic N) is 1. The van der Waals surface area contributed by atoms with E-state index in [9.17, 15) is 4.79 Å². The van der Waals surface area contributed by atoms with E-state index in [1.165, 1.54) is 5.20 Å². The molecule has 0 unspecified atom stereocenters. The first-order valence-corrected chi connectivity index (χ1v) is 17.5. The van der Waals surface area contributed by atoms with Crippen LogP contribution in [0.5, 0.6) is 0 Å². The molecule has 1 rings (SSSR count). The van der Waals surface area contributed by atoms with Crippen molar-refractivity contribution in [3.8, 4) is 0 Å². The Balaban J connectivity index is 3.53. The molecule has 5 nitrogen and oxygen atoms in total. The Morgan fingerprint density at radius 2 is 1.52 bits per heavy atom. The van der Waals surface area contributed by atoms with E-state index in [0.29, 0.717) is 23.2 Å². The molecule has 1 aliphatic heterocycles. The van der Waals surface area contributed by atoms with E-state index in [-0.39, 0.29) is 25.0 Å². The van der Waals surface area contributed by atoms with Crippen LogP contribution >= 0.6 is 0 Å². The maximum atomic E-state index is 13.1. The molecule has 182 valence electrons. The molecule has 0 aliphatic carbocycles. The van der Waals surface area contributed by atoms with Gasteiger partial charge in [-0.25, -0.2) is 4.79 Å². The third-order valence-corrected chi connectivity index (χ3v) is 14.8. The van der Waals surface area contributed by atoms with Crippen molar-refractivity contribution in [3.63, 3.8) is 0 Å². The van der Waals surface area contributed by atoms with Crippen molar-refractivity contribution in [2.75, 3.05) is 13.3 Å². The molecule has 0 N–H and O–H groups in total. The van der Waals surface area contributed by atoms with Crippen molar-refractivity contribution in [1.29, 1.82) is 0 Å². The van der Waals surface area contributed by atoms with Crippen LogP contribution in [0.2, 0.25) is 36.3 Å². The lowest BCUT2D eigenvalue weighted by Gasteiger charge is -2.48. The van der Waals surface area contributed by atoms with Crippen molar-refractivity contribution in [3.05, 3.63) is 11.3 Å². The number of carbonyl (C=O) groups excluding carboxylic acids is 1. The molecule has 1 fully saturated rings. The van der Waals surface area contributed by atoms with Crippen molar-refractivity contribution in [2.24, 2.45) is 0 Å². The van der Waals surface area contributed by atoms with E-state index in [1.54, 1.807) is 4.90 Å². The number of allylic oxidation sites excluding steroid dienone is 1. The van der Waals surface area contributed by atoms with Gasteiger partial charge in [0.1, 0.15) is 12.3 Å². The summed E-state index contributed by atoms with van der Waals surface area (Å²) in [6, 6.07) is -0.170. The lowest BCUT2D eigenvalue weighted by Crippen LogP contribution is -2.58. The van der Waals surface area contributed by atoms with Crippen LogP contribution in [0.4, 0.5) is 4.79 Å². The Kier molecular flexibility index (Phi) is 9.65. The van der Waals surface area contributed by atoms with Gasteiger partial charge < -0.3 is 13.9 Å². The quantitative estimate of drug-likeness (QED) is 0.359. The second-order valence-corrected chi connectivity index (χ2v) is 22.4. The topological polar surface area (TPSA) is 48.0 Å². The summed E-state index contributed by atoms with van der Waals surface area (Å²) in [5.74, 6) is 0. The zero-order chi connectivity index (χ0) is 24.4. The normalized spacial score (nSPS) is 20.2. The fourth-order valence-corrected chi connectivity index (χ4v) is 12.8. The SMILES string of the molecule is C/C=C(\[C@@H](O[Si](C(C)C)(C(C)C)C(C)C)[C@@H]1COCN1C(=O)OC(C)(C)C)[Si](C)(C)C. The predicted molar refractivity (Wildman–Crippen MR) is 136 cm³/mol. The second-order valence-electron chi connectivity index (χ2n) is 11.9. The molecule has 0 spiro atoms. The first-order valence-electron chi connectivity index (χ1n) is 11.9. The molecule has 0 aromatic carbocycles. The van der Waals surface area contributed by atoms with Crippen LogP contribution in [-0.4, -0.2) is 58.5 Å². The summed E-state index contributed by atoms with van der Waals surface area (Å²) in [7, 11) is -3.89. The Labute approximate surface area is 194 Å². The minimum atomic E-state index is -2.18. The summed E-state index contributed by atoms with van der Waals surface area (Å²) in [6.45, 7) is 29.5. The molecule has 7 heteroatoms. The number of carbonyl (C=O) groups is 1. The van der Waals surface area contributed by atoms with Crippen LogP contribution in [0.3, 0.4) is 0 Å². The summed E-state index contributed by atoms with van der Waals surface area (Å²) in [4.78, 5) is 14.8. The zero-order valence-electron chi connectivity index (χ0n) is 22.5. The number of hydrogen-bond donors (Lipinski definition) is 0. The molecule has 0 aromatic heterocycles. The molecule has 1 heterocycles. The fourth-order valence-electron chi connectivity index (χ4n) is 5.22. The van der Waals surface area contributed by atoms with Crippen LogP contribution in [-0.2, 0) is 13.9 Å². The number of rotatable bonds is 8. The van der Waals surface area contributed by atoms with Crippen LogP contribution in [0.15, 0.2) is 11.3 Å². The van der Waals surface area contributed by atoms with Gasteiger partial charge in [0.05, 0.1) is 26.8 Å². The first-order chi connectivity index (χ1) is 14.0. The van der Waals surface area contributed by atoms with Crippen molar-refractivity contribution in [1.82, 2.24) is 4.90 Å². The lowest BCUT2D eigenvalue weighted by atomic mass is 10.1. The van der Waals surface area contributed by atoms with Gasteiger partial charge in [-0.1, -0.05) is 72.5 Å². The van der Waals surface area contributed by atoms with Gasteiger partial charge in [0.2, 0.25) is 8.32 Å². The van der Waals surface area contributed by atoms with Crippen molar-refractivity contribution < 1.29 is 18.7 Å². The van der Waals surface area contributed by atoms with Crippen molar-refractivity contribution in [2.45, 2.75) is 123 Å². The Hall–Kier alpha value is -0.636. The van der Waals surface area contributed by atoms with Gasteiger partial charge in [-0.05, 0) is 44.3 Å². The Morgan fingerprint density at radius 3 is 1.87 bits per heavy atom. The zero-order valence-corrected chi connectivity index (χ0v) is 24.5. The molecule has 0 bridgehead atoms. The molecule has 0 aromatic rings. The molecule has 1 aliphatic rings. The van der Waals surface area contributed by atoms with E-state index in [1.807, 2.05) is 20.8 Å². The average Bonchev–Trinajstić information content (AvgIpc) is 3.04. The van der Waals surface area contributed by atoms with E-state index in [4.69, 9.17) is 13.9 Å². The van der Waals surface area contributed by atoms with Gasteiger partial charge in [-0.15, -0.1) is 0 Å². The number of ether oxygens (including phenoxy) is 2. The summed E-state index contributed by atoms with van der Waals surface area (Å²) in [6.07, 6.45) is 1.76. The van der Waals surface area contributed by atoms with Crippen LogP contribution < -0.4 is 0 Å². The molecular formula is C24H49NO4Si2. The molecule has 0 saturated carbocycles. The monoisotopic (exact) mass is 471 g/mol. The maximum absolute atomic E-state index is 13.1. The van der Waals surface area contributed by atoms with Gasteiger partial charge in [0.15, 0.2) is 0 Å². The lowest BCUT2D eigenvalue weighted by molar-refractivity contribution is 0.00811. The molecule has 0 radical (unpaired) electrons. The van der Waals surface area contributed by atoms with Gasteiger partial charge in [0.25, 0.3) is 0 Å². The largest absolute Gasteiger partial charge is 0.444 e. The summed E-state index contributed by atoms with van der Waals surface area (Å²) < 4.78 is 18.9. The minimum absolute atomic E-state index is 0.162. The fraction of sp³-hybridized carbons (Fsp3) is 0.875. The summed E-state index contributed by atoms with van der Waals surface area (Å²) >= 11 is 0. The van der Waals surface area contributed by atoms with E-state index < -0.39 is 22.0 Å². The van der Waals surface area contributed by atoms with Crippen molar-refractivity contribution >= 4 is 22.5 Å². The average molecular weight is 472 g/mol. The van der Waals surface area contributed by atoms with E-state index >= 15 is 0 Å². The third kappa shape index (κ3) is 6.68. The molecule has 31 heavy (non-hydrogen) atoms. The number of hydrogen-bond acceptors (Lipinski definition) is 4.